The molecular weight excluding hydrogens is 360 g/mol. The Labute approximate surface area is 167 Å². The molecule has 0 radical (unpaired) electrons. The highest BCUT2D eigenvalue weighted by Crippen LogP contribution is 2.65. The molecule has 4 heteroatoms. The van der Waals surface area contributed by atoms with Crippen molar-refractivity contribution < 1.29 is 8.92 Å². The number of benzene rings is 1. The molecule has 2 fully saturated rings. The summed E-state index contributed by atoms with van der Waals surface area (Å²) in [6.45, 7) is 2.41. The minimum absolute atomic E-state index is 0.0998. The van der Waals surface area contributed by atoms with Crippen molar-refractivity contribution in [1.82, 2.24) is 0 Å². The minimum atomic E-state index is -0.394. The molecule has 0 aromatic heterocycles. The first-order valence-electron chi connectivity index (χ1n) is 9.63. The van der Waals surface area contributed by atoms with Gasteiger partial charge in [0.15, 0.2) is 0 Å². The molecule has 1 aromatic rings. The lowest BCUT2D eigenvalue weighted by Gasteiger charge is -2.52. The van der Waals surface area contributed by atoms with Gasteiger partial charge in [-0.25, -0.2) is 0 Å². The zero-order valence-electron chi connectivity index (χ0n) is 15.9. The van der Waals surface area contributed by atoms with E-state index in [9.17, 15) is 0 Å². The minimum Gasteiger partial charge on any atom is -0.497 e. The van der Waals surface area contributed by atoms with Crippen LogP contribution in [0.25, 0.3) is 0 Å². The Kier molecular flexibility index (Phi) is 5.01. The van der Waals surface area contributed by atoms with Crippen LogP contribution < -0.4 is 4.74 Å². The second-order valence-electron chi connectivity index (χ2n) is 8.32. The van der Waals surface area contributed by atoms with Gasteiger partial charge in [-0.15, -0.1) is 0 Å². The maximum absolute atomic E-state index is 5.84. The van der Waals surface area contributed by atoms with Gasteiger partial charge in [0.2, 0.25) is 0 Å². The summed E-state index contributed by atoms with van der Waals surface area (Å²) in [5.41, 5.74) is 2.76. The topological polar surface area (TPSA) is 18.5 Å². The quantitative estimate of drug-likeness (QED) is 0.411. The van der Waals surface area contributed by atoms with E-state index >= 15 is 0 Å². The summed E-state index contributed by atoms with van der Waals surface area (Å²) in [6, 6.07) is 6.70. The van der Waals surface area contributed by atoms with Gasteiger partial charge >= 0.3 is 0 Å². The number of methoxy groups -OCH3 is 1. The van der Waals surface area contributed by atoms with Gasteiger partial charge in [-0.1, -0.05) is 30.7 Å². The third-order valence-electron chi connectivity index (χ3n) is 7.56. The Hall–Kier alpha value is -0.760. The Bertz CT molecular complexity index is 752. The molecule has 0 saturated heterocycles. The summed E-state index contributed by atoms with van der Waals surface area (Å²) in [7, 11) is 1.75. The predicted octanol–water partition coefficient (Wildman–Crippen LogP) is 5.48. The summed E-state index contributed by atoms with van der Waals surface area (Å²) in [6.07, 6.45) is 9.04. The third kappa shape index (κ3) is 2.62. The van der Waals surface area contributed by atoms with Crippen LogP contribution in [0.3, 0.4) is 0 Å². The van der Waals surface area contributed by atoms with Crippen molar-refractivity contribution in [2.45, 2.75) is 57.0 Å². The third-order valence-corrected chi connectivity index (χ3v) is 8.18. The number of fused-ring (bicyclic) bond motifs is 5. The second kappa shape index (κ2) is 7.00. The molecule has 0 amide bonds. The van der Waals surface area contributed by atoms with Gasteiger partial charge in [-0.2, -0.15) is 0 Å². The van der Waals surface area contributed by atoms with Crippen molar-refractivity contribution >= 4 is 24.7 Å². The van der Waals surface area contributed by atoms with Crippen molar-refractivity contribution in [2.24, 2.45) is 17.3 Å². The largest absolute Gasteiger partial charge is 0.497 e. The number of ether oxygens (including phenoxy) is 1. The fraction of sp³-hybridized carbons (Fsp3) is 0.636. The first-order valence-corrected chi connectivity index (χ1v) is 11.2. The molecule has 5 atom stereocenters. The highest BCUT2D eigenvalue weighted by molar-refractivity contribution is 8.03. The van der Waals surface area contributed by atoms with Gasteiger partial charge in [-0.3, -0.25) is 4.18 Å². The summed E-state index contributed by atoms with van der Waals surface area (Å²) in [5.74, 6) is 6.52. The standard InChI is InChI=1S/C22H28O2S2/c1-21-10-8-18-17-7-5-16(23-2)14-15(17)4-6-19(18)20(21)9-11-22(21,24-25)12-13-26-3/h5,7,14,18-20,25H,4,6,8-11H2,1-3H3. The monoisotopic (exact) mass is 388 g/mol. The fourth-order valence-corrected chi connectivity index (χ4v) is 6.81. The van der Waals surface area contributed by atoms with Crippen LogP contribution in [0.1, 0.15) is 56.1 Å². The first-order chi connectivity index (χ1) is 12.6. The van der Waals surface area contributed by atoms with Crippen LogP contribution in [-0.4, -0.2) is 19.0 Å². The lowest BCUT2D eigenvalue weighted by atomic mass is 9.53. The van der Waals surface area contributed by atoms with Crippen molar-refractivity contribution in [1.29, 1.82) is 0 Å². The second-order valence-corrected chi connectivity index (χ2v) is 9.12. The van der Waals surface area contributed by atoms with Crippen molar-refractivity contribution in [2.75, 3.05) is 13.4 Å². The zero-order valence-corrected chi connectivity index (χ0v) is 17.6. The molecule has 26 heavy (non-hydrogen) atoms. The van der Waals surface area contributed by atoms with Gasteiger partial charge in [0.25, 0.3) is 0 Å². The van der Waals surface area contributed by atoms with E-state index in [1.807, 2.05) is 6.26 Å². The Morgan fingerprint density at radius 3 is 2.81 bits per heavy atom. The van der Waals surface area contributed by atoms with Crippen LogP contribution >= 0.6 is 24.7 Å². The number of thiol groups is 1. The molecule has 0 spiro atoms. The fourth-order valence-electron chi connectivity index (χ4n) is 6.20. The molecule has 0 heterocycles. The van der Waals surface area contributed by atoms with Crippen LogP contribution in [0.15, 0.2) is 18.2 Å². The molecule has 4 rings (SSSR count). The van der Waals surface area contributed by atoms with E-state index in [4.69, 9.17) is 8.92 Å². The van der Waals surface area contributed by atoms with Crippen LogP contribution in [0, 0.1) is 28.4 Å². The Balaban J connectivity index is 1.68. The molecule has 0 bridgehead atoms. The van der Waals surface area contributed by atoms with Crippen molar-refractivity contribution in [3.8, 4) is 16.9 Å². The number of hydrogen-bond donors (Lipinski definition) is 1. The summed E-state index contributed by atoms with van der Waals surface area (Å²) >= 11 is 5.88. The zero-order chi connectivity index (χ0) is 18.4. The van der Waals surface area contributed by atoms with Gasteiger partial charge in [0.1, 0.15) is 11.4 Å². The van der Waals surface area contributed by atoms with Crippen LogP contribution in [0.4, 0.5) is 0 Å². The maximum Gasteiger partial charge on any atom is 0.149 e. The van der Waals surface area contributed by atoms with E-state index in [-0.39, 0.29) is 5.41 Å². The molecule has 2 nitrogen and oxygen atoms in total. The average molecular weight is 389 g/mol. The van der Waals surface area contributed by atoms with E-state index in [1.165, 1.54) is 24.8 Å². The normalized spacial score (nSPS) is 37.8. The van der Waals surface area contributed by atoms with Crippen LogP contribution in [0.2, 0.25) is 0 Å². The first kappa shape index (κ1) is 18.6. The summed E-state index contributed by atoms with van der Waals surface area (Å²) < 4.78 is 11.3. The number of hydrogen-bond acceptors (Lipinski definition) is 4. The maximum atomic E-state index is 5.84. The van der Waals surface area contributed by atoms with Crippen molar-refractivity contribution in [3.05, 3.63) is 29.3 Å². The molecule has 3 aliphatic rings. The van der Waals surface area contributed by atoms with Crippen molar-refractivity contribution in [3.63, 3.8) is 0 Å². The van der Waals surface area contributed by atoms with Gasteiger partial charge in [0.05, 0.1) is 7.11 Å². The molecule has 3 aliphatic carbocycles. The molecule has 0 aliphatic heterocycles. The summed E-state index contributed by atoms with van der Waals surface area (Å²) in [4.78, 5) is 0. The van der Waals surface area contributed by atoms with Crippen LogP contribution in [-0.2, 0) is 10.6 Å². The van der Waals surface area contributed by atoms with E-state index in [0.717, 1.165) is 30.9 Å². The molecule has 140 valence electrons. The molecular formula is C22H28O2S2. The Morgan fingerprint density at radius 1 is 1.23 bits per heavy atom. The highest BCUT2D eigenvalue weighted by Gasteiger charge is 2.62. The van der Waals surface area contributed by atoms with E-state index in [2.05, 4.69) is 49.2 Å². The molecule has 0 N–H and O–H groups in total. The highest BCUT2D eigenvalue weighted by atomic mass is 32.2. The van der Waals surface area contributed by atoms with E-state index < -0.39 is 5.60 Å². The molecule has 1 aromatic carbocycles. The summed E-state index contributed by atoms with van der Waals surface area (Å²) in [5, 5.41) is 3.22. The SMILES string of the molecule is COc1ccc2c(c1)CCC1C2CCC2(C)C1CCC2(C#CSC)OS. The lowest BCUT2D eigenvalue weighted by Crippen LogP contribution is -2.50. The van der Waals surface area contributed by atoms with Gasteiger partial charge < -0.3 is 4.74 Å². The van der Waals surface area contributed by atoms with Gasteiger partial charge in [0, 0.05) is 5.41 Å². The predicted molar refractivity (Wildman–Crippen MR) is 112 cm³/mol. The molecule has 5 unspecified atom stereocenters. The Morgan fingerprint density at radius 2 is 2.08 bits per heavy atom. The van der Waals surface area contributed by atoms with E-state index in [0.29, 0.717) is 11.8 Å². The van der Waals surface area contributed by atoms with Gasteiger partial charge in [-0.05, 0) is 104 Å². The lowest BCUT2D eigenvalue weighted by molar-refractivity contribution is -0.0387. The van der Waals surface area contributed by atoms with Crippen LogP contribution in [0.5, 0.6) is 5.75 Å². The number of thioether (sulfide) groups is 1. The molecule has 2 saturated carbocycles. The number of rotatable bonds is 2. The number of aryl methyl sites for hydroxylation is 1. The smallest absolute Gasteiger partial charge is 0.149 e. The van der Waals surface area contributed by atoms with E-state index in [1.54, 1.807) is 24.4 Å². The average Bonchev–Trinajstić information content (AvgIpc) is 2.98.